The van der Waals surface area contributed by atoms with E-state index in [0.29, 0.717) is 12.8 Å². The van der Waals surface area contributed by atoms with E-state index in [1.54, 1.807) is 30.3 Å². The Morgan fingerprint density at radius 3 is 2.53 bits per heavy atom. The second-order valence-corrected chi connectivity index (χ2v) is 5.89. The van der Waals surface area contributed by atoms with Gasteiger partial charge in [0.2, 0.25) is 0 Å². The first-order valence-electron chi connectivity index (χ1n) is 5.00. The number of hydrogen-bond donors (Lipinski definition) is 1. The molecule has 0 saturated heterocycles. The van der Waals surface area contributed by atoms with E-state index in [1.165, 1.54) is 0 Å². The van der Waals surface area contributed by atoms with Gasteiger partial charge in [-0.1, -0.05) is 18.2 Å². The van der Waals surface area contributed by atoms with Crippen molar-refractivity contribution < 1.29 is 18.5 Å². The normalized spacial score (nSPS) is 14.6. The minimum Gasteiger partial charge on any atom is -0.404 e. The van der Waals surface area contributed by atoms with E-state index in [1.807, 2.05) is 0 Å². The minimum absolute atomic E-state index is 0.0660. The van der Waals surface area contributed by atoms with E-state index in [-0.39, 0.29) is 12.4 Å². The van der Waals surface area contributed by atoms with Gasteiger partial charge in [-0.2, -0.15) is 0 Å². The maximum atomic E-state index is 11.5. The smallest absolute Gasteiger partial charge is 0.404 e. The fourth-order valence-corrected chi connectivity index (χ4v) is 2.17. The highest BCUT2D eigenvalue weighted by atomic mass is 35.5. The molecule has 0 radical (unpaired) electrons. The molecule has 0 bridgehead atoms. The Hall–Kier alpha value is -0.250. The minimum atomic E-state index is -4.06. The van der Waals surface area contributed by atoms with Crippen molar-refractivity contribution in [1.29, 1.82) is 0 Å². The Morgan fingerprint density at radius 2 is 1.94 bits per heavy atom. The van der Waals surface area contributed by atoms with Crippen LogP contribution in [0.25, 0.3) is 0 Å². The zero-order chi connectivity index (χ0) is 12.7. The summed E-state index contributed by atoms with van der Waals surface area (Å²) >= 11 is 11.0. The van der Waals surface area contributed by atoms with Crippen LogP contribution in [0.2, 0.25) is 0 Å². The van der Waals surface area contributed by atoms with Crippen LogP contribution in [0.3, 0.4) is 0 Å². The molecule has 0 aliphatic heterocycles. The summed E-state index contributed by atoms with van der Waals surface area (Å²) in [6, 6.07) is 8.30. The predicted molar refractivity (Wildman–Crippen MR) is 67.6 cm³/mol. The Labute approximate surface area is 110 Å². The third kappa shape index (κ3) is 6.92. The lowest BCUT2D eigenvalue weighted by molar-refractivity contribution is 0.200. The number of phosphoric ester groups is 1. The largest absolute Gasteiger partial charge is 0.527 e. The average Bonchev–Trinajstić information content (AvgIpc) is 2.25. The molecule has 0 aliphatic rings. The van der Waals surface area contributed by atoms with E-state index < -0.39 is 12.7 Å². The number of rotatable bonds is 7. The van der Waals surface area contributed by atoms with Gasteiger partial charge >= 0.3 is 7.82 Å². The summed E-state index contributed by atoms with van der Waals surface area (Å²) in [7, 11) is -4.06. The Balaban J connectivity index is 2.34. The molecule has 0 aliphatic carbocycles. The fraction of sp³-hybridized carbons (Fsp3) is 0.400. The van der Waals surface area contributed by atoms with Gasteiger partial charge in [-0.3, -0.25) is 9.42 Å². The van der Waals surface area contributed by atoms with Crippen molar-refractivity contribution in [3.05, 3.63) is 30.3 Å². The number of alkyl halides is 2. The van der Waals surface area contributed by atoms with Crippen LogP contribution in [-0.2, 0) is 9.09 Å². The van der Waals surface area contributed by atoms with Crippen LogP contribution in [-0.4, -0.2) is 16.3 Å². The van der Waals surface area contributed by atoms with E-state index in [0.717, 1.165) is 0 Å². The van der Waals surface area contributed by atoms with Gasteiger partial charge in [0.1, 0.15) is 10.6 Å². The third-order valence-corrected chi connectivity index (χ3v) is 3.17. The molecule has 0 fully saturated rings. The molecule has 0 heterocycles. The van der Waals surface area contributed by atoms with Gasteiger partial charge in [0.25, 0.3) is 0 Å². The zero-order valence-electron chi connectivity index (χ0n) is 8.96. The van der Waals surface area contributed by atoms with Crippen LogP contribution in [0.1, 0.15) is 12.8 Å². The number of para-hydroxylation sites is 1. The van der Waals surface area contributed by atoms with E-state index in [2.05, 4.69) is 0 Å². The van der Waals surface area contributed by atoms with E-state index in [4.69, 9.17) is 32.2 Å². The summed E-state index contributed by atoms with van der Waals surface area (Å²) in [6.45, 7) is 0.0660. The van der Waals surface area contributed by atoms with Crippen LogP contribution in [0, 0.1) is 0 Å². The molecule has 96 valence electrons. The van der Waals surface area contributed by atoms with E-state index in [9.17, 15) is 9.46 Å². The molecule has 1 N–H and O–H groups in total. The van der Waals surface area contributed by atoms with Gasteiger partial charge in [0.05, 0.1) is 6.61 Å². The first kappa shape index (κ1) is 14.8. The highest BCUT2D eigenvalue weighted by Crippen LogP contribution is 2.43. The highest BCUT2D eigenvalue weighted by molar-refractivity contribution is 7.47. The molecular weight excluding hydrogens is 286 g/mol. The lowest BCUT2D eigenvalue weighted by Gasteiger charge is -2.12. The van der Waals surface area contributed by atoms with Gasteiger partial charge in [0, 0.05) is 0 Å². The van der Waals surface area contributed by atoms with Crippen molar-refractivity contribution >= 4 is 31.0 Å². The molecule has 7 heteroatoms. The fourth-order valence-electron chi connectivity index (χ4n) is 1.06. The van der Waals surface area contributed by atoms with Gasteiger partial charge in [0.15, 0.2) is 0 Å². The molecule has 1 aromatic rings. The maximum Gasteiger partial charge on any atom is 0.527 e. The summed E-state index contributed by atoms with van der Waals surface area (Å²) < 4.78 is 21.1. The quantitative estimate of drug-likeness (QED) is 0.473. The zero-order valence-corrected chi connectivity index (χ0v) is 11.4. The highest BCUT2D eigenvalue weighted by Gasteiger charge is 2.22. The standard InChI is InChI=1S/C10H13Cl2O4P/c11-10(12)7-4-8-15-17(13,14)16-9-5-2-1-3-6-9/h1-3,5-6,10H,4,7-8H2,(H,13,14). The monoisotopic (exact) mass is 298 g/mol. The van der Waals surface area contributed by atoms with E-state index >= 15 is 0 Å². The molecule has 0 saturated carbocycles. The SMILES string of the molecule is O=P(O)(OCCCC(Cl)Cl)Oc1ccccc1. The van der Waals surface area contributed by atoms with Crippen molar-refractivity contribution in [2.45, 2.75) is 17.7 Å². The molecule has 1 atom stereocenters. The average molecular weight is 299 g/mol. The van der Waals surface area contributed by atoms with Crippen molar-refractivity contribution in [2.24, 2.45) is 0 Å². The topological polar surface area (TPSA) is 55.8 Å². The van der Waals surface area contributed by atoms with Gasteiger partial charge in [-0.25, -0.2) is 4.57 Å². The van der Waals surface area contributed by atoms with Crippen LogP contribution in [0.4, 0.5) is 0 Å². The molecule has 1 unspecified atom stereocenters. The summed E-state index contributed by atoms with van der Waals surface area (Å²) in [6.07, 6.45) is 0.981. The van der Waals surface area contributed by atoms with Crippen molar-refractivity contribution in [3.63, 3.8) is 0 Å². The number of phosphoric acid groups is 1. The van der Waals surface area contributed by atoms with Crippen molar-refractivity contribution in [2.75, 3.05) is 6.61 Å². The first-order valence-corrected chi connectivity index (χ1v) is 7.36. The summed E-state index contributed by atoms with van der Waals surface area (Å²) in [4.78, 5) is 8.88. The van der Waals surface area contributed by atoms with Gasteiger partial charge in [-0.15, -0.1) is 23.2 Å². The van der Waals surface area contributed by atoms with Crippen molar-refractivity contribution in [3.8, 4) is 5.75 Å². The molecule has 1 rings (SSSR count). The number of benzene rings is 1. The second-order valence-electron chi connectivity index (χ2n) is 3.24. The Kier molecular flexibility index (Phi) is 6.31. The maximum absolute atomic E-state index is 11.5. The lowest BCUT2D eigenvalue weighted by Crippen LogP contribution is -2.00. The molecule has 0 amide bonds. The third-order valence-electron chi connectivity index (χ3n) is 1.79. The molecular formula is C10H13Cl2O4P. The second kappa shape index (κ2) is 7.24. The predicted octanol–water partition coefficient (Wildman–Crippen LogP) is 3.77. The summed E-state index contributed by atoms with van der Waals surface area (Å²) in [5.41, 5.74) is 0. The van der Waals surface area contributed by atoms with Gasteiger partial charge in [-0.05, 0) is 25.0 Å². The Morgan fingerprint density at radius 1 is 1.29 bits per heavy atom. The number of halogens is 2. The first-order chi connectivity index (χ1) is 7.99. The summed E-state index contributed by atoms with van der Waals surface area (Å²) in [5, 5.41) is 0. The van der Waals surface area contributed by atoms with Crippen molar-refractivity contribution in [1.82, 2.24) is 0 Å². The molecule has 4 nitrogen and oxygen atoms in total. The van der Waals surface area contributed by atoms with Crippen LogP contribution in [0.15, 0.2) is 30.3 Å². The Bertz CT molecular complexity index is 372. The van der Waals surface area contributed by atoms with Gasteiger partial charge < -0.3 is 4.52 Å². The van der Waals surface area contributed by atoms with Crippen LogP contribution >= 0.6 is 31.0 Å². The molecule has 0 aromatic heterocycles. The van der Waals surface area contributed by atoms with Crippen LogP contribution in [0.5, 0.6) is 5.75 Å². The molecule has 17 heavy (non-hydrogen) atoms. The van der Waals surface area contributed by atoms with Crippen LogP contribution < -0.4 is 4.52 Å². The molecule has 0 spiro atoms. The lowest BCUT2D eigenvalue weighted by atomic mass is 10.3. The number of hydrogen-bond acceptors (Lipinski definition) is 3. The molecule has 1 aromatic carbocycles. The summed E-state index contributed by atoms with van der Waals surface area (Å²) in [5.74, 6) is 0.283.